The molecular weight excluding hydrogens is 470 g/mol. The molecule has 8 nitrogen and oxygen atoms in total. The molecule has 0 saturated carbocycles. The van der Waals surface area contributed by atoms with Gasteiger partial charge in [-0.15, -0.1) is 0 Å². The topological polar surface area (TPSA) is 89.5 Å². The molecule has 32 heavy (non-hydrogen) atoms. The van der Waals surface area contributed by atoms with Gasteiger partial charge < -0.3 is 5.32 Å². The van der Waals surface area contributed by atoms with Crippen LogP contribution in [0.5, 0.6) is 0 Å². The molecule has 0 radical (unpaired) electrons. The third-order valence-corrected chi connectivity index (χ3v) is 5.23. The largest absolute Gasteiger partial charge is 0.306 e. The maximum atomic E-state index is 13.1. The first-order chi connectivity index (χ1) is 15.5. The summed E-state index contributed by atoms with van der Waals surface area (Å²) in [6, 6.07) is 9.91. The van der Waals surface area contributed by atoms with E-state index in [1.54, 1.807) is 28.6 Å². The lowest BCUT2D eigenvalue weighted by Gasteiger charge is -2.08. The van der Waals surface area contributed by atoms with Gasteiger partial charge in [-0.1, -0.05) is 42.8 Å². The van der Waals surface area contributed by atoms with E-state index in [1.807, 2.05) is 56.3 Å². The number of benzene rings is 1. The van der Waals surface area contributed by atoms with Crippen molar-refractivity contribution < 1.29 is 4.79 Å². The SMILES string of the molecule is CCC=CC(=NC)n1nc(-c2ccc(C)cc2)cc1NC(=O)c1cnn2cc(Br)cnc12. The van der Waals surface area contributed by atoms with Gasteiger partial charge in [0, 0.05) is 31.1 Å². The number of hydrogen-bond donors (Lipinski definition) is 1. The highest BCUT2D eigenvalue weighted by Gasteiger charge is 2.19. The molecule has 3 aromatic heterocycles. The van der Waals surface area contributed by atoms with E-state index in [2.05, 4.69) is 36.3 Å². The third kappa shape index (κ3) is 4.38. The van der Waals surface area contributed by atoms with Crippen LogP contribution < -0.4 is 5.32 Å². The number of hydrogen-bond acceptors (Lipinski definition) is 5. The number of amides is 1. The summed E-state index contributed by atoms with van der Waals surface area (Å²) in [4.78, 5) is 21.8. The molecule has 0 saturated heterocycles. The van der Waals surface area contributed by atoms with Crippen molar-refractivity contribution in [3.05, 3.63) is 76.7 Å². The highest BCUT2D eigenvalue weighted by molar-refractivity contribution is 9.10. The number of aromatic nitrogens is 5. The second kappa shape index (κ2) is 9.27. The Kier molecular flexibility index (Phi) is 6.27. The molecule has 9 heteroatoms. The molecule has 0 aliphatic carbocycles. The van der Waals surface area contributed by atoms with Crippen LogP contribution in [0.1, 0.15) is 29.3 Å². The number of carbonyl (C=O) groups excluding carboxylic acids is 1. The van der Waals surface area contributed by atoms with Crippen LogP contribution in [0.4, 0.5) is 5.82 Å². The lowest BCUT2D eigenvalue weighted by molar-refractivity contribution is 0.102. The highest BCUT2D eigenvalue weighted by Crippen LogP contribution is 2.24. The maximum absolute atomic E-state index is 13.1. The van der Waals surface area contributed by atoms with Crippen molar-refractivity contribution in [3.8, 4) is 11.3 Å². The van der Waals surface area contributed by atoms with Crippen molar-refractivity contribution in [3.63, 3.8) is 0 Å². The number of nitrogens with one attached hydrogen (secondary N) is 1. The number of aryl methyl sites for hydroxylation is 1. The fraction of sp³-hybridized carbons (Fsp3) is 0.174. The van der Waals surface area contributed by atoms with Crippen molar-refractivity contribution in [2.45, 2.75) is 20.3 Å². The molecule has 0 spiro atoms. The van der Waals surface area contributed by atoms with Crippen molar-refractivity contribution >= 4 is 39.1 Å². The van der Waals surface area contributed by atoms with Gasteiger partial charge in [-0.2, -0.15) is 14.9 Å². The fourth-order valence-corrected chi connectivity index (χ4v) is 3.47. The average molecular weight is 492 g/mol. The van der Waals surface area contributed by atoms with Gasteiger partial charge in [0.15, 0.2) is 11.5 Å². The zero-order chi connectivity index (χ0) is 22.7. The second-order valence-electron chi connectivity index (χ2n) is 7.14. The first kappa shape index (κ1) is 21.6. The summed E-state index contributed by atoms with van der Waals surface area (Å²) in [5.74, 6) is 0.784. The summed E-state index contributed by atoms with van der Waals surface area (Å²) in [6.45, 7) is 4.08. The average Bonchev–Trinajstić information content (AvgIpc) is 3.39. The van der Waals surface area contributed by atoms with Crippen LogP contribution in [-0.2, 0) is 0 Å². The Bertz CT molecular complexity index is 1330. The predicted octanol–water partition coefficient (Wildman–Crippen LogP) is 4.76. The summed E-state index contributed by atoms with van der Waals surface area (Å²) in [5.41, 5.74) is 3.66. The summed E-state index contributed by atoms with van der Waals surface area (Å²) in [6.07, 6.45) is 9.61. The van der Waals surface area contributed by atoms with Gasteiger partial charge in [-0.05, 0) is 35.4 Å². The zero-order valence-electron chi connectivity index (χ0n) is 18.0. The van der Waals surface area contributed by atoms with E-state index in [0.29, 0.717) is 22.9 Å². The molecule has 0 atom stereocenters. The smallest absolute Gasteiger partial charge is 0.262 e. The maximum Gasteiger partial charge on any atom is 0.262 e. The molecule has 1 N–H and O–H groups in total. The lowest BCUT2D eigenvalue weighted by atomic mass is 10.1. The first-order valence-electron chi connectivity index (χ1n) is 10.1. The monoisotopic (exact) mass is 491 g/mol. The molecule has 4 rings (SSSR count). The van der Waals surface area contributed by atoms with Crippen LogP contribution in [0, 0.1) is 6.92 Å². The van der Waals surface area contributed by atoms with Crippen molar-refractivity contribution in [2.75, 3.05) is 12.4 Å². The minimum atomic E-state index is -0.332. The van der Waals surface area contributed by atoms with E-state index in [9.17, 15) is 4.79 Å². The molecule has 0 unspecified atom stereocenters. The van der Waals surface area contributed by atoms with E-state index in [0.717, 1.165) is 27.7 Å². The third-order valence-electron chi connectivity index (χ3n) is 4.82. The summed E-state index contributed by atoms with van der Waals surface area (Å²) >= 11 is 3.36. The van der Waals surface area contributed by atoms with Crippen LogP contribution in [-0.4, -0.2) is 43.2 Å². The number of allylic oxidation sites excluding steroid dienone is 2. The standard InChI is InChI=1S/C23H22BrN7O/c1-4-5-6-20(25-3)31-21(11-19(29-31)16-9-7-15(2)8-10-16)28-23(32)18-13-27-30-14-17(24)12-26-22(18)30/h5-14H,4H2,1-3H3,(H,28,32). The first-order valence-corrected chi connectivity index (χ1v) is 10.9. The number of halogens is 1. The Hall–Kier alpha value is -3.59. The van der Waals surface area contributed by atoms with Crippen LogP contribution in [0.3, 0.4) is 0 Å². The number of nitrogens with zero attached hydrogens (tertiary/aromatic N) is 6. The summed E-state index contributed by atoms with van der Waals surface area (Å²) in [7, 11) is 1.70. The van der Waals surface area contributed by atoms with E-state index < -0.39 is 0 Å². The molecule has 0 aliphatic rings. The molecule has 0 aliphatic heterocycles. The molecular formula is C23H22BrN7O. The quantitative estimate of drug-likeness (QED) is 0.322. The Balaban J connectivity index is 1.74. The van der Waals surface area contributed by atoms with Crippen molar-refractivity contribution in [1.29, 1.82) is 0 Å². The van der Waals surface area contributed by atoms with Gasteiger partial charge in [0.25, 0.3) is 5.91 Å². The minimum absolute atomic E-state index is 0.332. The van der Waals surface area contributed by atoms with Gasteiger partial charge in [-0.25, -0.2) is 9.50 Å². The fourth-order valence-electron chi connectivity index (χ4n) is 3.17. The van der Waals surface area contributed by atoms with Crippen molar-refractivity contribution in [2.24, 2.45) is 4.99 Å². The van der Waals surface area contributed by atoms with E-state index >= 15 is 0 Å². The highest BCUT2D eigenvalue weighted by atomic mass is 79.9. The molecule has 1 amide bonds. The van der Waals surface area contributed by atoms with Gasteiger partial charge in [-0.3, -0.25) is 9.79 Å². The Morgan fingerprint density at radius 3 is 2.75 bits per heavy atom. The van der Waals surface area contributed by atoms with Crippen LogP contribution >= 0.6 is 15.9 Å². The molecule has 1 aromatic carbocycles. The Morgan fingerprint density at radius 1 is 1.25 bits per heavy atom. The van der Waals surface area contributed by atoms with Gasteiger partial charge in [0.2, 0.25) is 0 Å². The summed E-state index contributed by atoms with van der Waals surface area (Å²) in [5, 5.41) is 11.9. The molecule has 4 aromatic rings. The Labute approximate surface area is 193 Å². The Morgan fingerprint density at radius 2 is 2.03 bits per heavy atom. The van der Waals surface area contributed by atoms with Gasteiger partial charge >= 0.3 is 0 Å². The number of anilines is 1. The molecule has 0 fully saturated rings. The zero-order valence-corrected chi connectivity index (χ0v) is 19.5. The minimum Gasteiger partial charge on any atom is -0.306 e. The molecule has 162 valence electrons. The molecule has 0 bridgehead atoms. The van der Waals surface area contributed by atoms with E-state index in [4.69, 9.17) is 5.10 Å². The number of fused-ring (bicyclic) bond motifs is 1. The van der Waals surface area contributed by atoms with E-state index in [1.165, 1.54) is 6.20 Å². The lowest BCUT2D eigenvalue weighted by Crippen LogP contribution is -2.19. The predicted molar refractivity (Wildman–Crippen MR) is 129 cm³/mol. The number of carbonyl (C=O) groups is 1. The van der Waals surface area contributed by atoms with Gasteiger partial charge in [0.05, 0.1) is 16.4 Å². The molecule has 3 heterocycles. The summed E-state index contributed by atoms with van der Waals surface area (Å²) < 4.78 is 3.96. The van der Waals surface area contributed by atoms with Crippen LogP contribution in [0.2, 0.25) is 0 Å². The normalized spacial score (nSPS) is 12.1. The van der Waals surface area contributed by atoms with Crippen LogP contribution in [0.15, 0.2) is 70.5 Å². The van der Waals surface area contributed by atoms with E-state index in [-0.39, 0.29) is 5.91 Å². The number of aliphatic imine (C=N–C) groups is 1. The van der Waals surface area contributed by atoms with Gasteiger partial charge in [0.1, 0.15) is 11.4 Å². The number of rotatable bonds is 5. The van der Waals surface area contributed by atoms with Crippen molar-refractivity contribution in [1.82, 2.24) is 24.4 Å². The van der Waals surface area contributed by atoms with Crippen LogP contribution in [0.25, 0.3) is 16.9 Å². The second-order valence-corrected chi connectivity index (χ2v) is 8.05.